The van der Waals surface area contributed by atoms with Gasteiger partial charge in [-0.25, -0.2) is 0 Å². The molecule has 0 aliphatic carbocycles. The number of benzene rings is 6. The molecule has 8 heteroatoms. The highest BCUT2D eigenvalue weighted by Crippen LogP contribution is 2.40. The van der Waals surface area contributed by atoms with Crippen molar-refractivity contribution in [1.29, 1.82) is 0 Å². The number of rotatable bonds is 16. The normalized spacial score (nSPS) is 14.0. The van der Waals surface area contributed by atoms with Crippen LogP contribution in [0.5, 0.6) is 17.2 Å². The Labute approximate surface area is 373 Å². The van der Waals surface area contributed by atoms with Gasteiger partial charge in [0.25, 0.3) is 0 Å². The van der Waals surface area contributed by atoms with Gasteiger partial charge in [-0.15, -0.1) is 0 Å². The van der Waals surface area contributed by atoms with Crippen LogP contribution in [0.2, 0.25) is 0 Å². The second-order valence-electron chi connectivity index (χ2n) is 16.1. The van der Waals surface area contributed by atoms with Crippen molar-refractivity contribution in [2.24, 2.45) is 0 Å². The molecule has 0 fully saturated rings. The topological polar surface area (TPSA) is 68.2 Å². The molecule has 336 valence electrons. The van der Waals surface area contributed by atoms with E-state index < -0.39 is 11.8 Å². The lowest BCUT2D eigenvalue weighted by Gasteiger charge is -2.27. The molecule has 5 atom stereocenters. The van der Waals surface area contributed by atoms with Gasteiger partial charge in [-0.2, -0.15) is 13.2 Å². The molecule has 0 saturated heterocycles. The number of hydrogen-bond acceptors (Lipinski definition) is 5. The molecule has 6 aromatic rings. The van der Waals surface area contributed by atoms with E-state index in [1.54, 1.807) is 24.3 Å². The van der Waals surface area contributed by atoms with E-state index in [0.717, 1.165) is 65.5 Å². The number of phenolic OH excluding ortho intramolecular Hbond substituents is 1. The minimum Gasteiger partial charge on any atom is -0.508 e. The van der Waals surface area contributed by atoms with Crippen molar-refractivity contribution in [3.8, 4) is 39.5 Å². The lowest BCUT2D eigenvalue weighted by atomic mass is 9.91. The standard InChI is InChI=1S/C32H34O3.C13H17F3O.C10H14O/c1-4-24(2)26-18-20-29(21-19-26)35-25(3)33-22-23-34-32-30(27-12-7-5-8-13-27)16-11-17-31(32)28-14-9-6-10-15-28;1-4-9(2)10-5-7-11(8-6-10)12(3,17)13(14,15)16;1-3-8(2)9-4-6-10(11)7-5-9/h5-21,24-25H,4,22-23H2,1-3H3;5-9,17H,4H2,1-3H3;4-8,11H,3H2,1-2H3. The molecule has 0 bridgehead atoms. The first kappa shape index (κ1) is 50.1. The van der Waals surface area contributed by atoms with Gasteiger partial charge in [0.15, 0.2) is 11.9 Å². The Balaban J connectivity index is 0.000000256. The molecular weight excluding hydrogens is 798 g/mol. The summed E-state index contributed by atoms with van der Waals surface area (Å²) in [5.41, 5.74) is 5.07. The van der Waals surface area contributed by atoms with Crippen molar-refractivity contribution in [2.75, 3.05) is 13.2 Å². The Morgan fingerprint density at radius 1 is 0.524 bits per heavy atom. The summed E-state index contributed by atoms with van der Waals surface area (Å²) >= 11 is 0. The lowest BCUT2D eigenvalue weighted by molar-refractivity contribution is -0.258. The number of aromatic hydroxyl groups is 1. The number of aliphatic hydroxyl groups is 1. The molecule has 0 spiro atoms. The number of hydrogen-bond donors (Lipinski definition) is 2. The first-order chi connectivity index (χ1) is 30.1. The zero-order chi connectivity index (χ0) is 46.0. The molecule has 2 N–H and O–H groups in total. The predicted octanol–water partition coefficient (Wildman–Crippen LogP) is 15.2. The minimum absolute atomic E-state index is 0.128. The maximum atomic E-state index is 12.6. The Kier molecular flexibility index (Phi) is 19.3. The number of alkyl halides is 3. The smallest absolute Gasteiger partial charge is 0.421 e. The average Bonchev–Trinajstić information content (AvgIpc) is 3.30. The van der Waals surface area contributed by atoms with Crippen LogP contribution in [0.3, 0.4) is 0 Å². The predicted molar refractivity (Wildman–Crippen MR) is 252 cm³/mol. The number of para-hydroxylation sites is 1. The Hall–Kier alpha value is -5.57. The van der Waals surface area contributed by atoms with Crippen LogP contribution < -0.4 is 9.47 Å². The van der Waals surface area contributed by atoms with E-state index in [-0.39, 0.29) is 11.9 Å². The van der Waals surface area contributed by atoms with Crippen LogP contribution >= 0.6 is 0 Å². The van der Waals surface area contributed by atoms with Gasteiger partial charge in [0.05, 0.1) is 6.61 Å². The van der Waals surface area contributed by atoms with Crippen molar-refractivity contribution in [1.82, 2.24) is 0 Å². The van der Waals surface area contributed by atoms with Crippen LogP contribution in [0.4, 0.5) is 13.2 Å². The largest absolute Gasteiger partial charge is 0.508 e. The van der Waals surface area contributed by atoms with Crippen molar-refractivity contribution >= 4 is 0 Å². The van der Waals surface area contributed by atoms with Gasteiger partial charge in [0.1, 0.15) is 23.9 Å². The van der Waals surface area contributed by atoms with Gasteiger partial charge < -0.3 is 24.4 Å². The maximum Gasteiger partial charge on any atom is 0.421 e. The summed E-state index contributed by atoms with van der Waals surface area (Å²) in [5.74, 6) is 3.47. The highest BCUT2D eigenvalue weighted by Gasteiger charge is 2.51. The summed E-state index contributed by atoms with van der Waals surface area (Å²) in [5, 5.41) is 18.5. The van der Waals surface area contributed by atoms with Crippen LogP contribution in [-0.2, 0) is 10.3 Å². The lowest BCUT2D eigenvalue weighted by Crippen LogP contribution is -2.39. The summed E-state index contributed by atoms with van der Waals surface area (Å²) in [6, 6.07) is 48.6. The van der Waals surface area contributed by atoms with Crippen LogP contribution in [0, 0.1) is 0 Å². The van der Waals surface area contributed by atoms with Crippen LogP contribution in [-0.4, -0.2) is 35.9 Å². The number of phenols is 1. The summed E-state index contributed by atoms with van der Waals surface area (Å²) in [4.78, 5) is 0. The van der Waals surface area contributed by atoms with E-state index in [9.17, 15) is 18.3 Å². The van der Waals surface area contributed by atoms with Gasteiger partial charge in [-0.3, -0.25) is 0 Å². The maximum absolute atomic E-state index is 12.6. The molecule has 6 aromatic carbocycles. The van der Waals surface area contributed by atoms with Gasteiger partial charge in [-0.1, -0.05) is 169 Å². The molecule has 0 aliphatic heterocycles. The third-order valence-corrected chi connectivity index (χ3v) is 11.5. The van der Waals surface area contributed by atoms with Crippen molar-refractivity contribution < 1.29 is 37.6 Å². The monoisotopic (exact) mass is 862 g/mol. The zero-order valence-electron chi connectivity index (χ0n) is 38.0. The van der Waals surface area contributed by atoms with Crippen LogP contribution in [0.1, 0.15) is 115 Å². The molecular formula is C55H65F3O5. The first-order valence-corrected chi connectivity index (χ1v) is 22.0. The zero-order valence-corrected chi connectivity index (χ0v) is 38.0. The minimum atomic E-state index is -4.66. The summed E-state index contributed by atoms with van der Waals surface area (Å²) < 4.78 is 56.0. The summed E-state index contributed by atoms with van der Waals surface area (Å²) in [7, 11) is 0. The Bertz CT molecular complexity index is 2130. The van der Waals surface area contributed by atoms with Crippen LogP contribution in [0.25, 0.3) is 22.3 Å². The van der Waals surface area contributed by atoms with Crippen LogP contribution in [0.15, 0.2) is 152 Å². The van der Waals surface area contributed by atoms with Crippen molar-refractivity contribution in [3.63, 3.8) is 0 Å². The first-order valence-electron chi connectivity index (χ1n) is 22.0. The molecule has 0 aliphatic rings. The average molecular weight is 863 g/mol. The SMILES string of the molecule is CCC(C)c1ccc(C(C)(O)C(F)(F)F)cc1.CCC(C)c1ccc(O)cc1.CCC(C)c1ccc(OC(C)OCCOc2c(-c3ccccc3)cccc2-c2ccccc2)cc1. The van der Waals surface area contributed by atoms with Gasteiger partial charge in [-0.05, 0) is 109 Å². The quantitative estimate of drug-likeness (QED) is 0.0749. The molecule has 6 rings (SSSR count). The van der Waals surface area contributed by atoms with Gasteiger partial charge in [0, 0.05) is 11.1 Å². The Morgan fingerprint density at radius 3 is 1.35 bits per heavy atom. The van der Waals surface area contributed by atoms with Crippen molar-refractivity contribution in [3.05, 3.63) is 174 Å². The molecule has 0 saturated carbocycles. The third kappa shape index (κ3) is 14.8. The molecule has 63 heavy (non-hydrogen) atoms. The van der Waals surface area contributed by atoms with E-state index >= 15 is 0 Å². The molecule has 5 unspecified atom stereocenters. The van der Waals surface area contributed by atoms with E-state index in [2.05, 4.69) is 82.3 Å². The third-order valence-electron chi connectivity index (χ3n) is 11.5. The van der Waals surface area contributed by atoms with Crippen molar-refractivity contribution in [2.45, 2.75) is 110 Å². The molecule has 0 radical (unpaired) electrons. The molecule has 0 heterocycles. The summed E-state index contributed by atoms with van der Waals surface area (Å²) in [6.45, 7) is 16.3. The van der Waals surface area contributed by atoms with E-state index in [1.807, 2.05) is 81.4 Å². The molecule has 0 aromatic heterocycles. The summed E-state index contributed by atoms with van der Waals surface area (Å²) in [6.07, 6.45) is -1.84. The fraction of sp³-hybridized carbons (Fsp3) is 0.345. The second-order valence-corrected chi connectivity index (χ2v) is 16.1. The fourth-order valence-electron chi connectivity index (χ4n) is 6.65. The van der Waals surface area contributed by atoms with E-state index in [4.69, 9.17) is 19.3 Å². The van der Waals surface area contributed by atoms with E-state index in [0.29, 0.717) is 36.7 Å². The number of halogens is 3. The molecule has 0 amide bonds. The fourth-order valence-corrected chi connectivity index (χ4v) is 6.65. The van der Waals surface area contributed by atoms with Gasteiger partial charge in [0.2, 0.25) is 0 Å². The highest BCUT2D eigenvalue weighted by atomic mass is 19.4. The molecule has 5 nitrogen and oxygen atoms in total. The van der Waals surface area contributed by atoms with E-state index in [1.165, 1.54) is 23.3 Å². The second kappa shape index (κ2) is 24.3. The Morgan fingerprint density at radius 2 is 0.937 bits per heavy atom. The van der Waals surface area contributed by atoms with Gasteiger partial charge >= 0.3 is 6.18 Å². The number of ether oxygens (including phenoxy) is 3. The highest BCUT2D eigenvalue weighted by molar-refractivity contribution is 5.82.